The fourth-order valence-corrected chi connectivity index (χ4v) is 8.53. The normalized spacial score (nSPS) is 41.8. The number of nitrogens with one attached hydrogen (secondary N) is 1. The number of fused-ring (bicyclic) bond motifs is 2. The minimum atomic E-state index is -1.82. The summed E-state index contributed by atoms with van der Waals surface area (Å²) in [6.45, 7) is 12.3. The Morgan fingerprint density at radius 2 is 1.88 bits per heavy atom. The Morgan fingerprint density at radius 3 is 2.63 bits per heavy atom. The van der Waals surface area contributed by atoms with E-state index in [0.717, 1.165) is 18.4 Å². The van der Waals surface area contributed by atoms with E-state index in [4.69, 9.17) is 23.7 Å². The average molecular weight is 706 g/mol. The molecule has 2 unspecified atom stereocenters. The van der Waals surface area contributed by atoms with Gasteiger partial charge in [0.15, 0.2) is 5.79 Å². The first-order valence-corrected chi connectivity index (χ1v) is 18.7. The molecular formula is C41H55NO9. The van der Waals surface area contributed by atoms with E-state index in [-0.39, 0.29) is 24.7 Å². The lowest BCUT2D eigenvalue weighted by Crippen LogP contribution is -2.58. The predicted molar refractivity (Wildman–Crippen MR) is 192 cm³/mol. The number of aliphatic hydroxyl groups excluding tert-OH is 1. The van der Waals surface area contributed by atoms with E-state index in [0.29, 0.717) is 54.4 Å². The summed E-state index contributed by atoms with van der Waals surface area (Å²) < 4.78 is 32.1. The Labute approximate surface area is 301 Å². The van der Waals surface area contributed by atoms with Crippen molar-refractivity contribution in [3.8, 4) is 0 Å². The first-order chi connectivity index (χ1) is 24.3. The smallest absolute Gasteiger partial charge is 0.412 e. The molecule has 3 fully saturated rings. The van der Waals surface area contributed by atoms with Crippen LogP contribution in [0.4, 0.5) is 10.5 Å². The van der Waals surface area contributed by atoms with Gasteiger partial charge in [-0.15, -0.1) is 0 Å². The first-order valence-electron chi connectivity index (χ1n) is 18.7. The van der Waals surface area contributed by atoms with E-state index in [1.54, 1.807) is 37.3 Å². The number of benzene rings is 1. The third kappa shape index (κ3) is 7.76. The molecule has 1 aromatic carbocycles. The van der Waals surface area contributed by atoms with Crippen LogP contribution in [0.15, 0.2) is 77.4 Å². The number of carbonyl (C=O) groups is 2. The van der Waals surface area contributed by atoms with Gasteiger partial charge in [-0.2, -0.15) is 0 Å². The lowest BCUT2D eigenvalue weighted by molar-refractivity contribution is -0.340. The molecular weight excluding hydrogens is 650 g/mol. The first kappa shape index (κ1) is 37.5. The number of ether oxygens (including phenoxy) is 5. The van der Waals surface area contributed by atoms with Crippen molar-refractivity contribution in [3.63, 3.8) is 0 Å². The molecule has 3 saturated heterocycles. The molecule has 5 aliphatic rings. The molecule has 1 aliphatic carbocycles. The van der Waals surface area contributed by atoms with Gasteiger partial charge in [0, 0.05) is 30.9 Å². The molecule has 0 aromatic heterocycles. The van der Waals surface area contributed by atoms with E-state index in [1.807, 2.05) is 38.1 Å². The van der Waals surface area contributed by atoms with Gasteiger partial charge in [-0.1, -0.05) is 82.7 Å². The van der Waals surface area contributed by atoms with Crippen LogP contribution in [-0.4, -0.2) is 76.9 Å². The summed E-state index contributed by atoms with van der Waals surface area (Å²) in [5, 5.41) is 26.2. The predicted octanol–water partition coefficient (Wildman–Crippen LogP) is 6.79. The number of esters is 1. The summed E-state index contributed by atoms with van der Waals surface area (Å²) in [5.74, 6) is -2.18. The second-order valence-electron chi connectivity index (χ2n) is 15.5. The molecule has 12 atom stereocenters. The van der Waals surface area contributed by atoms with Crippen LogP contribution in [0.1, 0.15) is 80.1 Å². The van der Waals surface area contributed by atoms with Gasteiger partial charge in [0.1, 0.15) is 35.9 Å². The molecule has 1 spiro atoms. The van der Waals surface area contributed by atoms with Crippen LogP contribution in [0.5, 0.6) is 0 Å². The van der Waals surface area contributed by atoms with E-state index in [1.165, 1.54) is 0 Å². The van der Waals surface area contributed by atoms with Crippen molar-refractivity contribution in [2.75, 3.05) is 11.9 Å². The fraction of sp³-hybridized carbons (Fsp3) is 0.610. The van der Waals surface area contributed by atoms with Gasteiger partial charge < -0.3 is 33.9 Å². The molecule has 278 valence electrons. The maximum atomic E-state index is 14.2. The monoisotopic (exact) mass is 705 g/mol. The summed E-state index contributed by atoms with van der Waals surface area (Å²) in [4.78, 5) is 27.4. The molecule has 10 heteroatoms. The Morgan fingerprint density at radius 1 is 1.12 bits per heavy atom. The molecule has 4 aliphatic heterocycles. The van der Waals surface area contributed by atoms with Crippen molar-refractivity contribution in [2.24, 2.45) is 23.7 Å². The maximum absolute atomic E-state index is 14.2. The second kappa shape index (κ2) is 15.4. The molecule has 51 heavy (non-hydrogen) atoms. The lowest BCUT2D eigenvalue weighted by atomic mass is 9.71. The largest absolute Gasteiger partial charge is 0.462 e. The summed E-state index contributed by atoms with van der Waals surface area (Å²) in [7, 11) is 0. The molecule has 1 aromatic rings. The topological polar surface area (TPSA) is 133 Å². The van der Waals surface area contributed by atoms with Crippen LogP contribution in [0.2, 0.25) is 0 Å². The van der Waals surface area contributed by atoms with Gasteiger partial charge in [0.25, 0.3) is 0 Å². The Bertz CT molecular complexity index is 1550. The highest BCUT2D eigenvalue weighted by Crippen LogP contribution is 2.48. The minimum absolute atomic E-state index is 0.00208. The van der Waals surface area contributed by atoms with Crippen LogP contribution in [-0.2, 0) is 28.5 Å². The Hall–Kier alpha value is -3.28. The van der Waals surface area contributed by atoms with Gasteiger partial charge in [0.05, 0.1) is 18.8 Å². The van der Waals surface area contributed by atoms with Crippen molar-refractivity contribution in [2.45, 2.75) is 128 Å². The number of hydrogen-bond donors (Lipinski definition) is 3. The minimum Gasteiger partial charge on any atom is -0.462 e. The van der Waals surface area contributed by atoms with Crippen LogP contribution in [0, 0.1) is 23.7 Å². The van der Waals surface area contributed by atoms with Crippen molar-refractivity contribution in [1.82, 2.24) is 0 Å². The van der Waals surface area contributed by atoms with E-state index < -0.39 is 53.8 Å². The highest BCUT2D eigenvalue weighted by atomic mass is 16.7. The van der Waals surface area contributed by atoms with Gasteiger partial charge in [-0.05, 0) is 67.4 Å². The lowest BCUT2D eigenvalue weighted by Gasteiger charge is -2.51. The molecule has 4 heterocycles. The second-order valence-corrected chi connectivity index (χ2v) is 15.5. The standard InChI is InChI=1S/C41H55NO9/c1-7-24(2)36-27(5)18-19-40(51-36)22-32-21-31(50-40)17-16-26(4)35(49-39(45)42-30-14-9-8-10-15-30)25(3)12-11-13-29-23-47-37-34(43)28(6)20-33(38(44)48-32)41(29,37)46/h8-16,20,24-25,27,31-37,43,46H,7,17-19,21-23H2,1-6H3,(H,42,45)/b12-11+,26-16+,29-13+/t24?,25-,27-,31+,32-,33-,34+,35-,36+,37+,40?,41+/m0/s1. The highest BCUT2D eigenvalue weighted by molar-refractivity contribution is 5.84. The van der Waals surface area contributed by atoms with Crippen molar-refractivity contribution in [1.29, 1.82) is 0 Å². The number of hydrogen-bond acceptors (Lipinski definition) is 9. The van der Waals surface area contributed by atoms with Gasteiger partial charge in [-0.3, -0.25) is 10.1 Å². The van der Waals surface area contributed by atoms with Crippen molar-refractivity contribution in [3.05, 3.63) is 77.4 Å². The zero-order valence-electron chi connectivity index (χ0n) is 30.7. The van der Waals surface area contributed by atoms with Crippen LogP contribution in [0.3, 0.4) is 0 Å². The van der Waals surface area contributed by atoms with Crippen LogP contribution in [0.25, 0.3) is 0 Å². The van der Waals surface area contributed by atoms with E-state index >= 15 is 0 Å². The van der Waals surface area contributed by atoms with Gasteiger partial charge in [0.2, 0.25) is 0 Å². The number of para-hydroxylation sites is 1. The highest BCUT2D eigenvalue weighted by Gasteiger charge is 2.60. The summed E-state index contributed by atoms with van der Waals surface area (Å²) in [6, 6.07) is 9.15. The number of amides is 1. The number of carbonyl (C=O) groups excluding carboxylic acids is 2. The molecule has 1 amide bonds. The molecule has 6 rings (SSSR count). The van der Waals surface area contributed by atoms with E-state index in [2.05, 4.69) is 32.2 Å². The zero-order valence-corrected chi connectivity index (χ0v) is 30.7. The molecule has 10 nitrogen and oxygen atoms in total. The average Bonchev–Trinajstić information content (AvgIpc) is 3.45. The third-order valence-electron chi connectivity index (χ3n) is 11.7. The van der Waals surface area contributed by atoms with Crippen molar-refractivity contribution >= 4 is 17.7 Å². The maximum Gasteiger partial charge on any atom is 0.412 e. The molecule has 0 saturated carbocycles. The van der Waals surface area contributed by atoms with Crippen LogP contribution < -0.4 is 5.32 Å². The fourth-order valence-electron chi connectivity index (χ4n) is 8.53. The van der Waals surface area contributed by atoms with E-state index in [9.17, 15) is 19.8 Å². The third-order valence-corrected chi connectivity index (χ3v) is 11.7. The number of aliphatic hydroxyl groups is 2. The van der Waals surface area contributed by atoms with Gasteiger partial charge >= 0.3 is 12.1 Å². The van der Waals surface area contributed by atoms with Gasteiger partial charge in [-0.25, -0.2) is 4.79 Å². The zero-order chi connectivity index (χ0) is 36.5. The molecule has 2 bridgehead atoms. The number of rotatable bonds is 4. The van der Waals surface area contributed by atoms with Crippen LogP contribution >= 0.6 is 0 Å². The summed E-state index contributed by atoms with van der Waals surface area (Å²) in [6.07, 6.45) is 8.74. The summed E-state index contributed by atoms with van der Waals surface area (Å²) in [5.41, 5.74) is 0.663. The summed E-state index contributed by atoms with van der Waals surface area (Å²) >= 11 is 0. The SMILES string of the molecule is CCC(C)[C@H]1OC2(CC[C@@H]1C)C[C@@H]1C[C@@H](C/C=C(\C)[C@@H](OC(=O)Nc3ccccc3)[C@@H](C)/C=C/C=C3\CO[C@@H]4[C@H](O)C(C)=C[C@@H](C(=O)O1)[C@]34O)O2. The van der Waals surface area contributed by atoms with Crippen molar-refractivity contribution < 1.29 is 43.5 Å². The quantitative estimate of drug-likeness (QED) is 0.229. The molecule has 0 radical (unpaired) electrons. The Balaban J connectivity index is 1.37. The number of anilines is 1. The number of allylic oxidation sites excluding steroid dienone is 2. The molecule has 3 N–H and O–H groups in total. The Kier molecular flexibility index (Phi) is 11.3.